The molecular weight excluding hydrogens is 262 g/mol. The van der Waals surface area contributed by atoms with E-state index in [1.807, 2.05) is 0 Å². The number of hydrogen-bond acceptors (Lipinski definition) is 6. The fourth-order valence-corrected chi connectivity index (χ4v) is 1.18. The molecule has 1 aromatic heterocycles. The van der Waals surface area contributed by atoms with Crippen LogP contribution >= 0.6 is 0 Å². The number of aryl methyl sites for hydroxylation is 2. The number of carbonyl (C=O) groups is 1. The van der Waals surface area contributed by atoms with Gasteiger partial charge in [0, 0.05) is 7.05 Å². The molecule has 104 valence electrons. The van der Waals surface area contributed by atoms with Crippen LogP contribution in [0, 0.1) is 6.92 Å². The van der Waals surface area contributed by atoms with Crippen molar-refractivity contribution in [2.45, 2.75) is 6.92 Å². The van der Waals surface area contributed by atoms with E-state index in [2.05, 4.69) is 19.8 Å². The lowest BCUT2D eigenvalue weighted by atomic mass is 10.3. The Morgan fingerprint density at radius 3 is 2.45 bits per heavy atom. The zero-order chi connectivity index (χ0) is 15.0. The fourth-order valence-electron chi connectivity index (χ4n) is 1.18. The van der Waals surface area contributed by atoms with Crippen molar-refractivity contribution in [3.8, 4) is 5.75 Å². The largest absolute Gasteiger partial charge is 0.450 e. The Bertz CT molecular complexity index is 598. The smallest absolute Gasteiger partial charge is 0.408 e. The highest BCUT2D eigenvalue weighted by Gasteiger charge is 1.99. The predicted molar refractivity (Wildman–Crippen MR) is 70.7 cm³/mol. The molecule has 2 rings (SSSR count). The molecule has 0 aliphatic heterocycles. The van der Waals surface area contributed by atoms with Crippen molar-refractivity contribution in [3.63, 3.8) is 0 Å². The van der Waals surface area contributed by atoms with Crippen molar-refractivity contribution in [2.75, 3.05) is 5.73 Å². The van der Waals surface area contributed by atoms with Gasteiger partial charge in [-0.25, -0.2) is 14.3 Å². The summed E-state index contributed by atoms with van der Waals surface area (Å²) >= 11 is 0. The highest BCUT2D eigenvalue weighted by molar-refractivity contribution is 5.76. The maximum absolute atomic E-state index is 10.6. The first-order chi connectivity index (χ1) is 9.52. The average Bonchev–Trinajstić information content (AvgIpc) is 2.68. The molecule has 1 aromatic carbocycles. The molecule has 0 saturated heterocycles. The average molecular weight is 275 g/mol. The highest BCUT2D eigenvalue weighted by Crippen LogP contribution is 2.08. The van der Waals surface area contributed by atoms with Crippen molar-refractivity contribution in [3.05, 3.63) is 36.2 Å². The van der Waals surface area contributed by atoms with Crippen LogP contribution in [-0.4, -0.2) is 26.9 Å². The third-order valence-corrected chi connectivity index (χ3v) is 1.99. The molecule has 1 amide bonds. The molecule has 0 spiro atoms. The Kier molecular flexibility index (Phi) is 5.61. The quantitative estimate of drug-likeness (QED) is 0.618. The van der Waals surface area contributed by atoms with Crippen LogP contribution in [0.25, 0.3) is 0 Å². The van der Waals surface area contributed by atoms with Gasteiger partial charge in [-0.2, -0.15) is 10.1 Å². The zero-order valence-electron chi connectivity index (χ0n) is 11.0. The second-order valence-electron chi connectivity index (χ2n) is 3.52. The molecule has 0 radical (unpaired) electrons. The molecule has 0 bridgehead atoms. The maximum atomic E-state index is 10.6. The molecule has 0 saturated carbocycles. The Balaban J connectivity index is 0.000000217. The summed E-state index contributed by atoms with van der Waals surface area (Å²) in [4.78, 5) is 26.8. The minimum atomic E-state index is -0.962. The summed E-state index contributed by atoms with van der Waals surface area (Å²) in [7, 11) is 1.76. The van der Waals surface area contributed by atoms with E-state index in [1.54, 1.807) is 44.3 Å². The summed E-state index contributed by atoms with van der Waals surface area (Å²) in [6.07, 6.45) is 0.126. The molecule has 0 atom stereocenters. The molecule has 20 heavy (non-hydrogen) atoms. The van der Waals surface area contributed by atoms with Gasteiger partial charge in [0.25, 0.3) is 0 Å². The number of benzene rings is 1. The molecule has 1 heterocycles. The zero-order valence-corrected chi connectivity index (χ0v) is 11.0. The lowest BCUT2D eigenvalue weighted by molar-refractivity contribution is 0.211. The van der Waals surface area contributed by atoms with Crippen molar-refractivity contribution in [1.82, 2.24) is 14.8 Å². The van der Waals surface area contributed by atoms with E-state index in [4.69, 9.17) is 5.73 Å². The number of aliphatic imine (C=N–C) groups is 1. The summed E-state index contributed by atoms with van der Waals surface area (Å²) < 4.78 is 6.12. The Hall–Kier alpha value is -2.99. The Morgan fingerprint density at radius 2 is 2.05 bits per heavy atom. The Morgan fingerprint density at radius 1 is 1.40 bits per heavy atom. The molecule has 8 nitrogen and oxygen atoms in total. The number of anilines is 1. The van der Waals surface area contributed by atoms with Crippen LogP contribution in [0.3, 0.4) is 0 Å². The SMILES string of the molecule is Cc1nc(N)n(C)n1.O=C=NC(=O)Oc1ccccc1. The minimum Gasteiger partial charge on any atom is -0.408 e. The van der Waals surface area contributed by atoms with Gasteiger partial charge >= 0.3 is 6.09 Å². The molecule has 0 fully saturated rings. The van der Waals surface area contributed by atoms with Crippen LogP contribution in [0.15, 0.2) is 35.3 Å². The van der Waals surface area contributed by atoms with Gasteiger partial charge in [0.2, 0.25) is 12.0 Å². The molecule has 0 aliphatic rings. The lowest BCUT2D eigenvalue weighted by Gasteiger charge is -1.96. The van der Waals surface area contributed by atoms with Gasteiger partial charge in [0.15, 0.2) is 0 Å². The number of para-hydroxylation sites is 1. The van der Waals surface area contributed by atoms with Gasteiger partial charge in [-0.05, 0) is 19.1 Å². The van der Waals surface area contributed by atoms with E-state index >= 15 is 0 Å². The second kappa shape index (κ2) is 7.45. The van der Waals surface area contributed by atoms with Gasteiger partial charge in [-0.1, -0.05) is 23.2 Å². The van der Waals surface area contributed by atoms with Gasteiger partial charge < -0.3 is 10.5 Å². The first kappa shape index (κ1) is 15.1. The van der Waals surface area contributed by atoms with E-state index in [-0.39, 0.29) is 0 Å². The van der Waals surface area contributed by atoms with Gasteiger partial charge in [-0.15, -0.1) is 0 Å². The number of rotatable bonds is 1. The minimum absolute atomic E-state index is 0.349. The van der Waals surface area contributed by atoms with Crippen LogP contribution < -0.4 is 10.5 Å². The van der Waals surface area contributed by atoms with Crippen molar-refractivity contribution >= 4 is 18.1 Å². The third kappa shape index (κ3) is 5.11. The third-order valence-electron chi connectivity index (χ3n) is 1.99. The maximum Gasteiger partial charge on any atom is 0.450 e. The van der Waals surface area contributed by atoms with E-state index < -0.39 is 6.09 Å². The number of amides is 1. The normalized spacial score (nSPS) is 8.90. The summed E-state index contributed by atoms with van der Waals surface area (Å²) in [6, 6.07) is 8.34. The highest BCUT2D eigenvalue weighted by atomic mass is 16.5. The fraction of sp³-hybridized carbons (Fsp3) is 0.167. The van der Waals surface area contributed by atoms with Crippen molar-refractivity contribution in [1.29, 1.82) is 0 Å². The standard InChI is InChI=1S/C8H5NO3.C4H8N4/c10-6-9-8(11)12-7-4-2-1-3-5-7;1-3-6-4(5)8(2)7-3/h1-5H;1-2H3,(H2,5,6,7). The summed E-state index contributed by atoms with van der Waals surface area (Å²) in [6.45, 7) is 1.80. The number of aromatic nitrogens is 3. The topological polar surface area (TPSA) is 112 Å². The number of isocyanates is 1. The van der Waals surface area contributed by atoms with E-state index in [9.17, 15) is 9.59 Å². The molecule has 2 N–H and O–H groups in total. The van der Waals surface area contributed by atoms with Crippen molar-refractivity contribution < 1.29 is 14.3 Å². The van der Waals surface area contributed by atoms with Crippen LogP contribution in [-0.2, 0) is 11.8 Å². The van der Waals surface area contributed by atoms with Gasteiger partial charge in [0.05, 0.1) is 0 Å². The number of hydrogen-bond donors (Lipinski definition) is 1. The van der Waals surface area contributed by atoms with Crippen LogP contribution in [0.4, 0.5) is 10.7 Å². The van der Waals surface area contributed by atoms with Gasteiger partial charge in [0.1, 0.15) is 11.6 Å². The van der Waals surface area contributed by atoms with Crippen molar-refractivity contribution in [2.24, 2.45) is 12.0 Å². The number of ether oxygens (including phenoxy) is 1. The monoisotopic (exact) mass is 275 g/mol. The first-order valence-corrected chi connectivity index (χ1v) is 5.50. The van der Waals surface area contributed by atoms with Gasteiger partial charge in [-0.3, -0.25) is 0 Å². The predicted octanol–water partition coefficient (Wildman–Crippen LogP) is 1.23. The van der Waals surface area contributed by atoms with Crippen LogP contribution in [0.2, 0.25) is 0 Å². The van der Waals surface area contributed by atoms with E-state index in [0.717, 1.165) is 6.08 Å². The second-order valence-corrected chi connectivity index (χ2v) is 3.52. The summed E-state index contributed by atoms with van der Waals surface area (Å²) in [5.41, 5.74) is 5.33. The van der Waals surface area contributed by atoms with E-state index in [0.29, 0.717) is 17.5 Å². The number of nitrogens with two attached hydrogens (primary N) is 1. The molecule has 8 heteroatoms. The number of nitrogens with zero attached hydrogens (tertiary/aromatic N) is 4. The summed E-state index contributed by atoms with van der Waals surface area (Å²) in [5, 5.41) is 3.89. The molecule has 0 unspecified atom stereocenters. The first-order valence-electron chi connectivity index (χ1n) is 5.50. The van der Waals surface area contributed by atoms with Crippen LogP contribution in [0.1, 0.15) is 5.82 Å². The van der Waals surface area contributed by atoms with E-state index in [1.165, 1.54) is 4.68 Å². The molecular formula is C12H13N5O3. The Labute approximate surface area is 114 Å². The lowest BCUT2D eigenvalue weighted by Crippen LogP contribution is -2.00. The van der Waals surface area contributed by atoms with Crippen LogP contribution in [0.5, 0.6) is 5.75 Å². The molecule has 0 aliphatic carbocycles. The number of nitrogen functional groups attached to an aromatic ring is 1. The number of carbonyl (C=O) groups excluding carboxylic acids is 2. The molecule has 2 aromatic rings. The summed E-state index contributed by atoms with van der Waals surface area (Å²) in [5.74, 6) is 1.52.